The topological polar surface area (TPSA) is 253 Å². The number of carbonyl (C=O) groups excluding carboxylic acids is 5. The van der Waals surface area contributed by atoms with Crippen LogP contribution in [0.1, 0.15) is 111 Å². The van der Waals surface area contributed by atoms with Gasteiger partial charge in [0.25, 0.3) is 10.2 Å². The molecule has 334 valence electrons. The van der Waals surface area contributed by atoms with Crippen LogP contribution in [0.3, 0.4) is 0 Å². The second kappa shape index (κ2) is 23.2. The molecule has 0 spiro atoms. The Bertz CT molecular complexity index is 1790. The van der Waals surface area contributed by atoms with Crippen LogP contribution in [0.5, 0.6) is 0 Å². The zero-order valence-corrected chi connectivity index (χ0v) is 35.6. The first kappa shape index (κ1) is 48.7. The molecule has 5 unspecified atom stereocenters. The van der Waals surface area contributed by atoms with Crippen LogP contribution in [0.2, 0.25) is 0 Å². The van der Waals surface area contributed by atoms with Crippen LogP contribution in [-0.2, 0) is 40.0 Å². The van der Waals surface area contributed by atoms with E-state index in [-0.39, 0.29) is 63.2 Å². The van der Waals surface area contributed by atoms with Gasteiger partial charge in [0.2, 0.25) is 11.8 Å². The number of urea groups is 1. The number of para-hydroxylation sites is 1. The molecule has 20 heteroatoms. The summed E-state index contributed by atoms with van der Waals surface area (Å²) in [6.45, 7) is 10.9. The van der Waals surface area contributed by atoms with Crippen molar-refractivity contribution in [3.05, 3.63) is 56.3 Å². The molecule has 1 aliphatic rings. The van der Waals surface area contributed by atoms with Crippen molar-refractivity contribution >= 4 is 40.8 Å². The van der Waals surface area contributed by atoms with Crippen molar-refractivity contribution in [2.75, 3.05) is 20.3 Å². The first-order valence-corrected chi connectivity index (χ1v) is 20.5. The molecule has 60 heavy (non-hydrogen) atoms. The number of piperidine rings is 1. The van der Waals surface area contributed by atoms with E-state index in [9.17, 15) is 44.2 Å². The summed E-state index contributed by atoms with van der Waals surface area (Å²) in [5.41, 5.74) is 0.621. The van der Waals surface area contributed by atoms with Gasteiger partial charge in [-0.05, 0) is 82.3 Å². The molecule has 0 saturated carbocycles. The zero-order chi connectivity index (χ0) is 44.6. The van der Waals surface area contributed by atoms with Crippen LogP contribution in [0.4, 0.5) is 9.59 Å². The van der Waals surface area contributed by atoms with E-state index in [4.69, 9.17) is 9.47 Å². The summed E-state index contributed by atoms with van der Waals surface area (Å²) in [6, 6.07) is 3.10. The van der Waals surface area contributed by atoms with Crippen molar-refractivity contribution < 1.29 is 53.3 Å². The highest BCUT2D eigenvalue weighted by molar-refractivity contribution is 5.95. The van der Waals surface area contributed by atoms with E-state index >= 15 is 0 Å². The fraction of sp³-hybridized carbons (Fsp3) is 0.675. The highest BCUT2D eigenvalue weighted by Gasteiger charge is 2.36. The predicted molar refractivity (Wildman–Crippen MR) is 217 cm³/mol. The molecule has 0 aliphatic carbocycles. The van der Waals surface area contributed by atoms with Gasteiger partial charge in [0, 0.05) is 30.1 Å². The van der Waals surface area contributed by atoms with Crippen molar-refractivity contribution in [2.45, 2.75) is 148 Å². The smallest absolute Gasteiger partial charge is 0.418 e. The Balaban J connectivity index is 1.88. The lowest BCUT2D eigenvalue weighted by Gasteiger charge is -2.40. The molecule has 3 N–H and O–H groups in total. The average molecular weight is 848 g/mol. The van der Waals surface area contributed by atoms with Gasteiger partial charge in [-0.15, -0.1) is 20.2 Å². The molecule has 4 amide bonds. The fourth-order valence-corrected chi connectivity index (χ4v) is 7.34. The standard InChI is InChI=1S/C40H61N7O13/c1-8-9-19-31(37(50)58-21-13-12-17-29(60-47(55)56)25-59-46(53)54)41-35(48)32(22-28-24-44(39(52)57-7)34-20-11-10-18-30(28)34)42-36(49)33(23-40(4,5)6)43-38(51)45-26(2)15-14-16-27(45)3/h10-11,18,20,24,26-27,29,31-33H,8-9,12-17,19,21-23,25H2,1-7H3,(H,41,48)(H,42,49)(H,43,51)/t26?,27?,29?,31-,32?,33?/m1/s1. The van der Waals surface area contributed by atoms with Crippen LogP contribution >= 0.6 is 0 Å². The Labute approximate surface area is 349 Å². The first-order valence-electron chi connectivity index (χ1n) is 20.5. The van der Waals surface area contributed by atoms with Crippen molar-refractivity contribution in [3.8, 4) is 0 Å². The molecular weight excluding hydrogens is 786 g/mol. The van der Waals surface area contributed by atoms with Crippen LogP contribution in [0.15, 0.2) is 30.5 Å². The number of fused-ring (bicyclic) bond motifs is 1. The molecule has 20 nitrogen and oxygen atoms in total. The number of nitrogens with zero attached hydrogens (tertiary/aromatic N) is 4. The summed E-state index contributed by atoms with van der Waals surface area (Å²) in [5.74, 6) is -2.06. The van der Waals surface area contributed by atoms with E-state index in [0.29, 0.717) is 29.3 Å². The van der Waals surface area contributed by atoms with Crippen LogP contribution in [0.25, 0.3) is 10.9 Å². The summed E-state index contributed by atoms with van der Waals surface area (Å²) in [6.07, 6.45) is 4.31. The van der Waals surface area contributed by atoms with Crippen molar-refractivity contribution in [3.63, 3.8) is 0 Å². The second-order valence-electron chi connectivity index (χ2n) is 16.4. The molecule has 1 aromatic carbocycles. The maximum absolute atomic E-state index is 14.3. The molecule has 2 heterocycles. The van der Waals surface area contributed by atoms with Gasteiger partial charge in [0.05, 0.1) is 19.2 Å². The van der Waals surface area contributed by atoms with Crippen molar-refractivity contribution in [2.24, 2.45) is 5.41 Å². The van der Waals surface area contributed by atoms with Gasteiger partial charge in [0.15, 0.2) is 0 Å². The van der Waals surface area contributed by atoms with Crippen LogP contribution in [-0.4, -0.2) is 106 Å². The van der Waals surface area contributed by atoms with Gasteiger partial charge >= 0.3 is 18.1 Å². The summed E-state index contributed by atoms with van der Waals surface area (Å²) in [4.78, 5) is 100. The molecule has 0 bridgehead atoms. The lowest BCUT2D eigenvalue weighted by atomic mass is 9.87. The number of methoxy groups -OCH3 is 1. The van der Waals surface area contributed by atoms with E-state index in [1.807, 2.05) is 41.5 Å². The maximum Gasteiger partial charge on any atom is 0.418 e. The van der Waals surface area contributed by atoms with Crippen molar-refractivity contribution in [1.29, 1.82) is 0 Å². The number of likely N-dealkylation sites (tertiary alicyclic amines) is 1. The summed E-state index contributed by atoms with van der Waals surface area (Å²) < 4.78 is 11.8. The highest BCUT2D eigenvalue weighted by atomic mass is 17.0. The van der Waals surface area contributed by atoms with Gasteiger partial charge < -0.3 is 40.0 Å². The third-order valence-corrected chi connectivity index (χ3v) is 10.3. The Morgan fingerprint density at radius 2 is 1.53 bits per heavy atom. The molecule has 1 aliphatic heterocycles. The van der Waals surface area contributed by atoms with Gasteiger partial charge in [0.1, 0.15) is 30.8 Å². The number of benzene rings is 1. The van der Waals surface area contributed by atoms with E-state index in [2.05, 4.69) is 25.6 Å². The Morgan fingerprint density at radius 1 is 0.883 bits per heavy atom. The lowest BCUT2D eigenvalue weighted by Crippen LogP contribution is -2.60. The fourth-order valence-electron chi connectivity index (χ4n) is 7.34. The summed E-state index contributed by atoms with van der Waals surface area (Å²) in [7, 11) is 1.24. The number of esters is 1. The summed E-state index contributed by atoms with van der Waals surface area (Å²) in [5, 5.41) is 28.4. The lowest BCUT2D eigenvalue weighted by molar-refractivity contribution is -0.790. The molecule has 1 saturated heterocycles. The minimum absolute atomic E-state index is 0.00286. The van der Waals surface area contributed by atoms with Gasteiger partial charge in [-0.25, -0.2) is 14.4 Å². The quantitative estimate of drug-likeness (QED) is 0.0595. The van der Waals surface area contributed by atoms with Gasteiger partial charge in [-0.3, -0.25) is 14.2 Å². The second-order valence-corrected chi connectivity index (χ2v) is 16.4. The number of amides is 4. The van der Waals surface area contributed by atoms with E-state index < -0.39 is 70.3 Å². The molecule has 6 atom stereocenters. The van der Waals surface area contributed by atoms with E-state index in [1.165, 1.54) is 17.9 Å². The Kier molecular flexibility index (Phi) is 18.8. The zero-order valence-electron chi connectivity index (χ0n) is 35.6. The monoisotopic (exact) mass is 847 g/mol. The molecule has 1 aromatic heterocycles. The van der Waals surface area contributed by atoms with E-state index in [0.717, 1.165) is 19.3 Å². The van der Waals surface area contributed by atoms with Crippen LogP contribution < -0.4 is 16.0 Å². The van der Waals surface area contributed by atoms with Gasteiger partial charge in [-0.1, -0.05) is 58.7 Å². The maximum atomic E-state index is 14.3. The molecule has 2 aromatic rings. The number of rotatable bonds is 22. The number of hydrogen-bond donors (Lipinski definition) is 3. The predicted octanol–water partition coefficient (Wildman–Crippen LogP) is 5.23. The largest absolute Gasteiger partial charge is 0.464 e. The minimum atomic E-state index is -1.29. The van der Waals surface area contributed by atoms with Gasteiger partial charge in [-0.2, -0.15) is 0 Å². The third kappa shape index (κ3) is 15.2. The number of unbranched alkanes of at least 4 members (excludes halogenated alkanes) is 2. The molecule has 0 radical (unpaired) electrons. The molecular formula is C40H61N7O13. The Morgan fingerprint density at radius 3 is 2.15 bits per heavy atom. The summed E-state index contributed by atoms with van der Waals surface area (Å²) >= 11 is 0. The Hall–Kier alpha value is -5.69. The normalized spacial score (nSPS) is 17.4. The number of nitrogens with one attached hydrogen (secondary N) is 3. The minimum Gasteiger partial charge on any atom is -0.464 e. The first-order chi connectivity index (χ1) is 28.3. The third-order valence-electron chi connectivity index (χ3n) is 10.3. The number of hydrogen-bond acceptors (Lipinski definition) is 13. The number of carbonyl (C=O) groups is 5. The van der Waals surface area contributed by atoms with Crippen molar-refractivity contribution in [1.82, 2.24) is 25.4 Å². The van der Waals surface area contributed by atoms with E-state index in [1.54, 1.807) is 29.2 Å². The molecule has 3 rings (SSSR count). The highest BCUT2D eigenvalue weighted by Crippen LogP contribution is 2.26. The SMILES string of the molecule is CCCC[C@@H](NC(=O)C(Cc1cn(C(=O)OC)c2ccccc12)NC(=O)C(CC(C)(C)C)NC(=O)N1C(C)CCCC1C)C(=O)OCCCCC(CO[N+](=O)[O-])O[N+](=O)[O-]. The number of aromatic nitrogens is 1. The number of ether oxygens (including phenoxy) is 2. The molecule has 1 fully saturated rings. The van der Waals surface area contributed by atoms with Crippen LogP contribution in [0, 0.1) is 25.6 Å². The average Bonchev–Trinajstić information content (AvgIpc) is 3.54.